The van der Waals surface area contributed by atoms with E-state index in [9.17, 15) is 9.59 Å². The largest absolute Gasteiger partial charge is 0.375 e. The van der Waals surface area contributed by atoms with Crippen molar-refractivity contribution >= 4 is 34.6 Å². The van der Waals surface area contributed by atoms with Crippen LogP contribution in [0.15, 0.2) is 12.1 Å². The van der Waals surface area contributed by atoms with E-state index in [0.29, 0.717) is 28.9 Å². The summed E-state index contributed by atoms with van der Waals surface area (Å²) in [5.74, 6) is -0.00212. The van der Waals surface area contributed by atoms with Crippen LogP contribution in [0.3, 0.4) is 0 Å². The highest BCUT2D eigenvalue weighted by Crippen LogP contribution is 2.23. The molecule has 1 atom stereocenters. The zero-order valence-corrected chi connectivity index (χ0v) is 12.3. The first-order chi connectivity index (χ1) is 9.06. The van der Waals surface area contributed by atoms with E-state index in [1.807, 2.05) is 6.92 Å². The van der Waals surface area contributed by atoms with Crippen LogP contribution >= 0.6 is 22.9 Å². The number of hydrogen-bond donors (Lipinski definition) is 0. The second kappa shape index (κ2) is 6.50. The maximum absolute atomic E-state index is 12.0. The van der Waals surface area contributed by atoms with Gasteiger partial charge in [-0.3, -0.25) is 9.59 Å². The number of ether oxygens (including phenoxy) is 1. The predicted octanol–water partition coefficient (Wildman–Crippen LogP) is 2.61. The average Bonchev–Trinajstić information content (AvgIpc) is 2.82. The van der Waals surface area contributed by atoms with E-state index >= 15 is 0 Å². The molecule has 1 amide bonds. The van der Waals surface area contributed by atoms with Gasteiger partial charge in [-0.25, -0.2) is 0 Å². The summed E-state index contributed by atoms with van der Waals surface area (Å²) in [4.78, 5) is 26.2. The zero-order valence-electron chi connectivity index (χ0n) is 10.7. The molecule has 0 aliphatic carbocycles. The van der Waals surface area contributed by atoms with Crippen LogP contribution in [0.25, 0.3) is 0 Å². The molecule has 1 fully saturated rings. The molecule has 2 heterocycles. The van der Waals surface area contributed by atoms with Gasteiger partial charge in [0.1, 0.15) is 0 Å². The number of halogens is 1. The Morgan fingerprint density at radius 2 is 2.26 bits per heavy atom. The summed E-state index contributed by atoms with van der Waals surface area (Å²) in [5, 5.41) is 0. The van der Waals surface area contributed by atoms with Crippen molar-refractivity contribution < 1.29 is 14.3 Å². The first-order valence-corrected chi connectivity index (χ1v) is 7.43. The fourth-order valence-corrected chi connectivity index (χ4v) is 3.02. The second-order valence-electron chi connectivity index (χ2n) is 4.55. The number of thiophene rings is 1. The third kappa shape index (κ3) is 4.03. The maximum atomic E-state index is 12.0. The highest BCUT2D eigenvalue weighted by Gasteiger charge is 2.22. The van der Waals surface area contributed by atoms with E-state index in [0.717, 1.165) is 0 Å². The first-order valence-electron chi connectivity index (χ1n) is 6.24. The lowest BCUT2D eigenvalue weighted by Crippen LogP contribution is -2.44. The minimum absolute atomic E-state index is 0.0196. The van der Waals surface area contributed by atoms with E-state index in [1.54, 1.807) is 17.0 Å². The van der Waals surface area contributed by atoms with Gasteiger partial charge in [-0.05, 0) is 19.1 Å². The van der Waals surface area contributed by atoms with E-state index in [-0.39, 0.29) is 30.6 Å². The molecule has 2 rings (SSSR count). The van der Waals surface area contributed by atoms with Crippen LogP contribution < -0.4 is 0 Å². The number of hydrogen-bond acceptors (Lipinski definition) is 4. The molecule has 1 aliphatic heterocycles. The fourth-order valence-electron chi connectivity index (χ4n) is 2.01. The minimum Gasteiger partial charge on any atom is -0.375 e. The van der Waals surface area contributed by atoms with Gasteiger partial charge in [0.05, 0.1) is 21.9 Å². The summed E-state index contributed by atoms with van der Waals surface area (Å²) in [6.07, 6.45) is 0.562. The molecular weight excluding hydrogens is 286 g/mol. The molecule has 0 N–H and O–H groups in total. The summed E-state index contributed by atoms with van der Waals surface area (Å²) in [6, 6.07) is 3.40. The van der Waals surface area contributed by atoms with Gasteiger partial charge in [0.2, 0.25) is 5.91 Å². The Kier molecular flexibility index (Phi) is 4.96. The van der Waals surface area contributed by atoms with E-state index < -0.39 is 0 Å². The SMILES string of the molecule is CC1CN(C(=O)CCC(=O)c2ccc(Cl)s2)CCO1. The van der Waals surface area contributed by atoms with E-state index in [2.05, 4.69) is 0 Å². The van der Waals surface area contributed by atoms with Crippen molar-refractivity contribution in [3.05, 3.63) is 21.3 Å². The average molecular weight is 302 g/mol. The highest BCUT2D eigenvalue weighted by molar-refractivity contribution is 7.18. The van der Waals surface area contributed by atoms with Crippen LogP contribution in [0.5, 0.6) is 0 Å². The topological polar surface area (TPSA) is 46.6 Å². The van der Waals surface area contributed by atoms with Crippen molar-refractivity contribution in [1.82, 2.24) is 4.90 Å². The van der Waals surface area contributed by atoms with Gasteiger partial charge in [0, 0.05) is 25.9 Å². The Hall–Kier alpha value is -0.910. The molecule has 4 nitrogen and oxygen atoms in total. The van der Waals surface area contributed by atoms with Crippen LogP contribution in [0.1, 0.15) is 29.4 Å². The molecule has 1 aromatic rings. The Balaban J connectivity index is 1.81. The summed E-state index contributed by atoms with van der Waals surface area (Å²) in [6.45, 7) is 3.74. The third-order valence-electron chi connectivity index (χ3n) is 3.01. The maximum Gasteiger partial charge on any atom is 0.223 e. The lowest BCUT2D eigenvalue weighted by Gasteiger charge is -2.31. The summed E-state index contributed by atoms with van der Waals surface area (Å²) >= 11 is 7.04. The van der Waals surface area contributed by atoms with Gasteiger partial charge < -0.3 is 9.64 Å². The molecule has 0 aromatic carbocycles. The molecule has 0 saturated carbocycles. The first kappa shape index (κ1) is 14.5. The number of carbonyl (C=O) groups is 2. The Morgan fingerprint density at radius 1 is 1.47 bits per heavy atom. The van der Waals surface area contributed by atoms with Crippen molar-refractivity contribution in [2.75, 3.05) is 19.7 Å². The van der Waals surface area contributed by atoms with Crippen LogP contribution in [0.4, 0.5) is 0 Å². The second-order valence-corrected chi connectivity index (χ2v) is 6.26. The van der Waals surface area contributed by atoms with Crippen molar-refractivity contribution in [3.8, 4) is 0 Å². The van der Waals surface area contributed by atoms with Crippen LogP contribution in [0, 0.1) is 0 Å². The number of amides is 1. The summed E-state index contributed by atoms with van der Waals surface area (Å²) in [5.41, 5.74) is 0. The molecular formula is C13H16ClNO3S. The van der Waals surface area contributed by atoms with E-state index in [1.165, 1.54) is 11.3 Å². The normalized spacial score (nSPS) is 19.5. The van der Waals surface area contributed by atoms with Crippen molar-refractivity contribution in [1.29, 1.82) is 0 Å². The smallest absolute Gasteiger partial charge is 0.223 e. The minimum atomic E-state index is -0.0217. The van der Waals surface area contributed by atoms with Gasteiger partial charge >= 0.3 is 0 Å². The molecule has 0 spiro atoms. The molecule has 0 radical (unpaired) electrons. The zero-order chi connectivity index (χ0) is 13.8. The number of rotatable bonds is 4. The summed E-state index contributed by atoms with van der Waals surface area (Å²) < 4.78 is 5.98. The summed E-state index contributed by atoms with van der Waals surface area (Å²) in [7, 11) is 0. The third-order valence-corrected chi connectivity index (χ3v) is 4.28. The van der Waals surface area contributed by atoms with E-state index in [4.69, 9.17) is 16.3 Å². The van der Waals surface area contributed by atoms with Crippen LogP contribution in [0.2, 0.25) is 4.34 Å². The molecule has 19 heavy (non-hydrogen) atoms. The number of carbonyl (C=O) groups excluding carboxylic acids is 2. The van der Waals surface area contributed by atoms with Gasteiger partial charge in [-0.15, -0.1) is 11.3 Å². The standard InChI is InChI=1S/C13H16ClNO3S/c1-9-8-15(6-7-18-9)13(17)5-2-10(16)11-3-4-12(14)19-11/h3-4,9H,2,5-8H2,1H3. The van der Waals surface area contributed by atoms with Gasteiger partial charge in [-0.2, -0.15) is 0 Å². The number of nitrogens with zero attached hydrogens (tertiary/aromatic N) is 1. The monoisotopic (exact) mass is 301 g/mol. The molecule has 1 aliphatic rings. The lowest BCUT2D eigenvalue weighted by atomic mass is 10.1. The van der Waals surface area contributed by atoms with Crippen molar-refractivity contribution in [2.45, 2.75) is 25.9 Å². The van der Waals surface area contributed by atoms with Gasteiger partial charge in [0.25, 0.3) is 0 Å². The van der Waals surface area contributed by atoms with Gasteiger partial charge in [-0.1, -0.05) is 11.6 Å². The Labute approximate surface area is 121 Å². The highest BCUT2D eigenvalue weighted by atomic mass is 35.5. The number of ketones is 1. The predicted molar refractivity (Wildman–Crippen MR) is 74.9 cm³/mol. The Morgan fingerprint density at radius 3 is 2.89 bits per heavy atom. The van der Waals surface area contributed by atoms with Gasteiger partial charge in [0.15, 0.2) is 5.78 Å². The molecule has 1 unspecified atom stereocenters. The van der Waals surface area contributed by atoms with Crippen molar-refractivity contribution in [2.24, 2.45) is 0 Å². The fraction of sp³-hybridized carbons (Fsp3) is 0.538. The molecule has 6 heteroatoms. The Bertz CT molecular complexity index is 474. The molecule has 1 saturated heterocycles. The quantitative estimate of drug-likeness (QED) is 0.803. The lowest BCUT2D eigenvalue weighted by molar-refractivity contribution is -0.138. The molecule has 104 valence electrons. The number of Topliss-reactive ketones (excluding diaryl/α,β-unsaturated/α-hetero) is 1. The molecule has 1 aromatic heterocycles. The van der Waals surface area contributed by atoms with Crippen LogP contribution in [-0.4, -0.2) is 42.4 Å². The van der Waals surface area contributed by atoms with Crippen LogP contribution in [-0.2, 0) is 9.53 Å². The van der Waals surface area contributed by atoms with Crippen molar-refractivity contribution in [3.63, 3.8) is 0 Å². The molecule has 0 bridgehead atoms. The number of morpholine rings is 1.